The van der Waals surface area contributed by atoms with E-state index in [1.807, 2.05) is 0 Å². The standard InChI is InChI=1S/C16H20N2O4/c1-16(2)12(10-4-3-7-22-13(10)16)18-14(19)11-8-9(15(20)21)5-6-17-11/h5-6,8,10,12-13H,3-4,7H2,1-2H3,(H,18,19)(H,20,21). The summed E-state index contributed by atoms with van der Waals surface area (Å²) in [6.07, 6.45) is 3.58. The Morgan fingerprint density at radius 2 is 2.23 bits per heavy atom. The van der Waals surface area contributed by atoms with Crippen molar-refractivity contribution in [2.24, 2.45) is 11.3 Å². The molecular formula is C16H20N2O4. The van der Waals surface area contributed by atoms with E-state index < -0.39 is 5.97 Å². The third-order valence-electron chi connectivity index (χ3n) is 4.86. The Balaban J connectivity index is 1.74. The number of aromatic carboxylic acids is 1. The molecule has 6 heteroatoms. The van der Waals surface area contributed by atoms with Gasteiger partial charge in [-0.05, 0) is 25.0 Å². The van der Waals surface area contributed by atoms with Gasteiger partial charge in [-0.3, -0.25) is 9.78 Å². The Kier molecular flexibility index (Phi) is 3.64. The second-order valence-corrected chi connectivity index (χ2v) is 6.60. The first kappa shape index (κ1) is 15.0. The van der Waals surface area contributed by atoms with Crippen molar-refractivity contribution in [2.75, 3.05) is 6.61 Å². The maximum atomic E-state index is 12.4. The maximum Gasteiger partial charge on any atom is 0.335 e. The molecule has 6 nitrogen and oxygen atoms in total. The number of hydrogen-bond acceptors (Lipinski definition) is 4. The second-order valence-electron chi connectivity index (χ2n) is 6.60. The molecule has 3 rings (SSSR count). The van der Waals surface area contributed by atoms with Gasteiger partial charge in [0.1, 0.15) is 5.69 Å². The summed E-state index contributed by atoms with van der Waals surface area (Å²) in [4.78, 5) is 27.3. The molecule has 2 N–H and O–H groups in total. The molecule has 3 atom stereocenters. The van der Waals surface area contributed by atoms with Gasteiger partial charge < -0.3 is 15.2 Å². The number of nitrogens with one attached hydrogen (secondary N) is 1. The Bertz CT molecular complexity index is 614. The van der Waals surface area contributed by atoms with Crippen molar-refractivity contribution in [1.29, 1.82) is 0 Å². The summed E-state index contributed by atoms with van der Waals surface area (Å²) in [5.74, 6) is -1.07. The number of carbonyl (C=O) groups is 2. The molecule has 2 heterocycles. The third-order valence-corrected chi connectivity index (χ3v) is 4.86. The molecule has 0 radical (unpaired) electrons. The van der Waals surface area contributed by atoms with Crippen LogP contribution in [0.5, 0.6) is 0 Å². The van der Waals surface area contributed by atoms with Gasteiger partial charge in [0, 0.05) is 30.2 Å². The van der Waals surface area contributed by atoms with E-state index in [-0.39, 0.29) is 34.7 Å². The van der Waals surface area contributed by atoms with Crippen molar-refractivity contribution in [1.82, 2.24) is 10.3 Å². The number of ether oxygens (including phenoxy) is 1. The van der Waals surface area contributed by atoms with Crippen LogP contribution in [0.2, 0.25) is 0 Å². The van der Waals surface area contributed by atoms with Gasteiger partial charge in [0.05, 0.1) is 11.7 Å². The highest BCUT2D eigenvalue weighted by Crippen LogP contribution is 2.51. The average Bonchev–Trinajstić information content (AvgIpc) is 2.52. The van der Waals surface area contributed by atoms with Gasteiger partial charge in [-0.1, -0.05) is 13.8 Å². The van der Waals surface area contributed by atoms with E-state index in [0.29, 0.717) is 5.92 Å². The fraction of sp³-hybridized carbons (Fsp3) is 0.562. The molecule has 22 heavy (non-hydrogen) atoms. The molecule has 1 aliphatic carbocycles. The van der Waals surface area contributed by atoms with Gasteiger partial charge in [0.15, 0.2) is 0 Å². The van der Waals surface area contributed by atoms with Crippen LogP contribution in [0.1, 0.15) is 47.5 Å². The molecule has 1 aliphatic heterocycles. The maximum absolute atomic E-state index is 12.4. The number of carbonyl (C=O) groups excluding carboxylic acids is 1. The van der Waals surface area contributed by atoms with Crippen molar-refractivity contribution >= 4 is 11.9 Å². The summed E-state index contributed by atoms with van der Waals surface area (Å²) in [7, 11) is 0. The predicted molar refractivity (Wildman–Crippen MR) is 78.7 cm³/mol. The van der Waals surface area contributed by atoms with Crippen molar-refractivity contribution in [2.45, 2.75) is 38.8 Å². The Hall–Kier alpha value is -1.95. The lowest BCUT2D eigenvalue weighted by molar-refractivity contribution is -0.189. The highest BCUT2D eigenvalue weighted by molar-refractivity contribution is 5.96. The minimum atomic E-state index is -1.07. The summed E-state index contributed by atoms with van der Waals surface area (Å²) in [5, 5.41) is 12.0. The first-order chi connectivity index (χ1) is 10.4. The molecule has 1 aromatic heterocycles. The SMILES string of the molecule is CC1(C)C(NC(=O)c2cc(C(=O)O)ccn2)C2CCCOC21. The first-order valence-corrected chi connectivity index (χ1v) is 7.53. The molecule has 0 aromatic carbocycles. The quantitative estimate of drug-likeness (QED) is 0.887. The largest absolute Gasteiger partial charge is 0.478 e. The molecule has 1 saturated carbocycles. The molecule has 1 saturated heterocycles. The van der Waals surface area contributed by atoms with Crippen LogP contribution in [0.25, 0.3) is 0 Å². The average molecular weight is 304 g/mol. The van der Waals surface area contributed by atoms with Crippen LogP contribution in [0.15, 0.2) is 18.3 Å². The number of carboxylic acids is 1. The van der Waals surface area contributed by atoms with Crippen molar-refractivity contribution in [3.8, 4) is 0 Å². The van der Waals surface area contributed by atoms with Gasteiger partial charge >= 0.3 is 5.97 Å². The molecule has 118 valence electrons. The zero-order chi connectivity index (χ0) is 15.9. The Morgan fingerprint density at radius 1 is 1.45 bits per heavy atom. The van der Waals surface area contributed by atoms with E-state index in [2.05, 4.69) is 24.1 Å². The molecule has 1 amide bonds. The summed E-state index contributed by atoms with van der Waals surface area (Å²) in [5.41, 5.74) is 0.0771. The number of nitrogens with zero attached hydrogens (tertiary/aromatic N) is 1. The van der Waals surface area contributed by atoms with Crippen LogP contribution >= 0.6 is 0 Å². The Morgan fingerprint density at radius 3 is 2.95 bits per heavy atom. The minimum absolute atomic E-state index is 0.0283. The molecule has 2 fully saturated rings. The number of rotatable bonds is 3. The topological polar surface area (TPSA) is 88.5 Å². The zero-order valence-corrected chi connectivity index (χ0v) is 12.7. The highest BCUT2D eigenvalue weighted by atomic mass is 16.5. The van der Waals surface area contributed by atoms with E-state index in [0.717, 1.165) is 19.4 Å². The van der Waals surface area contributed by atoms with E-state index in [1.54, 1.807) is 0 Å². The monoisotopic (exact) mass is 304 g/mol. The van der Waals surface area contributed by atoms with E-state index in [9.17, 15) is 9.59 Å². The van der Waals surface area contributed by atoms with Gasteiger partial charge in [0.2, 0.25) is 0 Å². The van der Waals surface area contributed by atoms with Gasteiger partial charge in [0.25, 0.3) is 5.91 Å². The lowest BCUT2D eigenvalue weighted by Gasteiger charge is -2.59. The molecule has 2 aliphatic rings. The normalized spacial score (nSPS) is 29.1. The van der Waals surface area contributed by atoms with Gasteiger partial charge in [-0.15, -0.1) is 0 Å². The van der Waals surface area contributed by atoms with Crippen LogP contribution in [-0.2, 0) is 4.74 Å². The van der Waals surface area contributed by atoms with Crippen LogP contribution in [0.4, 0.5) is 0 Å². The number of carboxylic acid groups (broad SMARTS) is 1. The zero-order valence-electron chi connectivity index (χ0n) is 12.7. The molecule has 3 unspecified atom stereocenters. The minimum Gasteiger partial charge on any atom is -0.478 e. The number of aromatic nitrogens is 1. The van der Waals surface area contributed by atoms with Crippen LogP contribution in [0.3, 0.4) is 0 Å². The molecular weight excluding hydrogens is 284 g/mol. The van der Waals surface area contributed by atoms with Crippen LogP contribution in [-0.4, -0.2) is 40.7 Å². The lowest BCUT2D eigenvalue weighted by Crippen LogP contribution is -2.70. The second kappa shape index (κ2) is 5.35. The van der Waals surface area contributed by atoms with E-state index in [4.69, 9.17) is 9.84 Å². The van der Waals surface area contributed by atoms with Gasteiger partial charge in [-0.25, -0.2) is 4.79 Å². The number of fused-ring (bicyclic) bond motifs is 1. The van der Waals surface area contributed by atoms with E-state index >= 15 is 0 Å². The van der Waals surface area contributed by atoms with Gasteiger partial charge in [-0.2, -0.15) is 0 Å². The lowest BCUT2D eigenvalue weighted by atomic mass is 9.55. The van der Waals surface area contributed by atoms with Crippen molar-refractivity contribution in [3.63, 3.8) is 0 Å². The number of amides is 1. The van der Waals surface area contributed by atoms with Crippen LogP contribution in [0, 0.1) is 11.3 Å². The summed E-state index contributed by atoms with van der Waals surface area (Å²) in [6.45, 7) is 4.96. The molecule has 0 spiro atoms. The number of hydrogen-bond donors (Lipinski definition) is 2. The Labute approximate surface area is 128 Å². The van der Waals surface area contributed by atoms with Crippen molar-refractivity contribution in [3.05, 3.63) is 29.6 Å². The van der Waals surface area contributed by atoms with Crippen molar-refractivity contribution < 1.29 is 19.4 Å². The smallest absolute Gasteiger partial charge is 0.335 e. The third kappa shape index (κ3) is 2.37. The van der Waals surface area contributed by atoms with Crippen LogP contribution < -0.4 is 5.32 Å². The summed E-state index contributed by atoms with van der Waals surface area (Å²) in [6, 6.07) is 2.70. The first-order valence-electron chi connectivity index (χ1n) is 7.53. The fourth-order valence-corrected chi connectivity index (χ4v) is 3.72. The highest BCUT2D eigenvalue weighted by Gasteiger charge is 2.58. The molecule has 1 aromatic rings. The summed E-state index contributed by atoms with van der Waals surface area (Å²) < 4.78 is 5.82. The van der Waals surface area contributed by atoms with E-state index in [1.165, 1.54) is 18.3 Å². The fourth-order valence-electron chi connectivity index (χ4n) is 3.72. The predicted octanol–water partition coefficient (Wildman–Crippen LogP) is 1.71. The number of pyridine rings is 1. The summed E-state index contributed by atoms with van der Waals surface area (Å²) >= 11 is 0. The molecule has 0 bridgehead atoms.